The van der Waals surface area contributed by atoms with Gasteiger partial charge in [-0.05, 0) is 8.40 Å². The molecular weight excluding hydrogens is 325 g/mol. The second-order valence-corrected chi connectivity index (χ2v) is 2.09. The SMILES string of the molecule is [NaH].[NaH].[NaH].[O-][Br+2]([O-])O.[O-][Br+2]([O-])O. The summed E-state index contributed by atoms with van der Waals surface area (Å²) in [4.78, 5) is 0. The normalized spacial score (nSPS) is 6.55. The zero-order chi connectivity index (χ0) is 7.15. The average Bonchev–Trinajstić information content (AvgIpc) is 1.25. The minimum atomic E-state index is -3.40. The first kappa shape index (κ1) is 29.3. The largest absolute Gasteiger partial charge is 0.433 e. The molecule has 0 rings (SSSR count). The van der Waals surface area contributed by atoms with Crippen molar-refractivity contribution < 1.29 is 54.8 Å². The van der Waals surface area contributed by atoms with Gasteiger partial charge in [0, 0.05) is 0 Å². The molecule has 0 heterocycles. The van der Waals surface area contributed by atoms with Gasteiger partial charge in [-0.3, -0.25) is 0 Å². The Morgan fingerprint density at radius 1 is 0.636 bits per heavy atom. The predicted octanol–water partition coefficient (Wildman–Crippen LogP) is -7.82. The molecule has 0 aromatic carbocycles. The molecule has 0 fully saturated rings. The summed E-state index contributed by atoms with van der Waals surface area (Å²) in [6, 6.07) is 0. The molecule has 11 heteroatoms. The van der Waals surface area contributed by atoms with Crippen molar-refractivity contribution in [3.05, 3.63) is 0 Å². The van der Waals surface area contributed by atoms with Crippen LogP contribution in [0.4, 0.5) is 0 Å². The summed E-state index contributed by atoms with van der Waals surface area (Å²) < 4.78 is 48.6. The molecule has 0 spiro atoms. The Morgan fingerprint density at radius 3 is 0.636 bits per heavy atom. The van der Waals surface area contributed by atoms with Crippen LogP contribution in [0.25, 0.3) is 0 Å². The number of halogens is 2. The Balaban J connectivity index is -0.0000000171. The van der Waals surface area contributed by atoms with Crippen LogP contribution in [0.2, 0.25) is 0 Å². The Kier molecular flexibility index (Phi) is 62.6. The fourth-order valence-electron chi connectivity index (χ4n) is 0. The molecule has 0 saturated carbocycles. The molecule has 0 amide bonds. The standard InChI is InChI=1S/2BrHO3.3Na.3H/c2*2-1(3)4;;;;;;/h2*2H;;;;;;. The van der Waals surface area contributed by atoms with E-state index >= 15 is 0 Å². The second kappa shape index (κ2) is 23.5. The first-order valence-electron chi connectivity index (χ1n) is 0.955. The van der Waals surface area contributed by atoms with Gasteiger partial charge in [-0.2, -0.15) is 0 Å². The first-order chi connectivity index (χ1) is 3.46. The predicted molar refractivity (Wildman–Crippen MR) is 25.9 cm³/mol. The molecule has 58 valence electrons. The van der Waals surface area contributed by atoms with Crippen molar-refractivity contribution in [3.8, 4) is 0 Å². The van der Waals surface area contributed by atoms with Crippen molar-refractivity contribution in [2.75, 3.05) is 0 Å². The quantitative estimate of drug-likeness (QED) is 0.424. The number of hydrogen-bond acceptors (Lipinski definition) is 6. The van der Waals surface area contributed by atoms with E-state index in [4.69, 9.17) is 25.2 Å². The van der Waals surface area contributed by atoms with Crippen LogP contribution in [-0.4, -0.2) is 97.1 Å². The van der Waals surface area contributed by atoms with Gasteiger partial charge in [0.05, 0.1) is 0 Å². The maximum Gasteiger partial charge on any atom is 0.433 e. The second-order valence-electron chi connectivity index (χ2n) is 0.402. The molecule has 0 aliphatic rings. The van der Waals surface area contributed by atoms with E-state index in [0.717, 1.165) is 0 Å². The van der Waals surface area contributed by atoms with Crippen LogP contribution in [0.3, 0.4) is 0 Å². The van der Waals surface area contributed by atoms with Gasteiger partial charge in [0.2, 0.25) is 0 Å². The van der Waals surface area contributed by atoms with Gasteiger partial charge in [0.1, 0.15) is 0 Å². The van der Waals surface area contributed by atoms with Gasteiger partial charge in [-0.25, -0.2) is 0 Å². The van der Waals surface area contributed by atoms with E-state index < -0.39 is 29.6 Å². The Labute approximate surface area is 141 Å². The maximum atomic E-state index is 8.63. The van der Waals surface area contributed by atoms with Crippen LogP contribution in [0.5, 0.6) is 0 Å². The topological polar surface area (TPSA) is 133 Å². The maximum absolute atomic E-state index is 8.63. The van der Waals surface area contributed by atoms with Crippen molar-refractivity contribution in [1.29, 1.82) is 0 Å². The van der Waals surface area contributed by atoms with E-state index in [1.165, 1.54) is 0 Å². The Morgan fingerprint density at radius 2 is 0.636 bits per heavy atom. The fourth-order valence-corrected chi connectivity index (χ4v) is 0. The van der Waals surface area contributed by atoms with E-state index in [1.54, 1.807) is 0 Å². The van der Waals surface area contributed by atoms with Gasteiger partial charge in [0.25, 0.3) is 0 Å². The molecule has 0 radical (unpaired) electrons. The van der Waals surface area contributed by atoms with E-state index in [1.807, 2.05) is 0 Å². The molecular formula is H5Br2Na3O6. The summed E-state index contributed by atoms with van der Waals surface area (Å²) in [6.45, 7) is 0. The molecule has 0 aliphatic carbocycles. The van der Waals surface area contributed by atoms with Crippen molar-refractivity contribution in [1.82, 2.24) is 0 Å². The van der Waals surface area contributed by atoms with Gasteiger partial charge in [-0.15, -0.1) is 0 Å². The van der Waals surface area contributed by atoms with E-state index in [9.17, 15) is 0 Å². The van der Waals surface area contributed by atoms with Crippen molar-refractivity contribution in [2.24, 2.45) is 0 Å². The molecule has 0 saturated heterocycles. The first-order valence-corrected chi connectivity index (χ1v) is 4.96. The molecule has 0 unspecified atom stereocenters. The minimum Gasteiger partial charge on any atom is -0.372 e. The van der Waals surface area contributed by atoms with Crippen LogP contribution in [0, 0.1) is 29.6 Å². The molecule has 11 heavy (non-hydrogen) atoms. The van der Waals surface area contributed by atoms with Crippen molar-refractivity contribution >= 4 is 88.7 Å². The third kappa shape index (κ3) is 136. The summed E-state index contributed by atoms with van der Waals surface area (Å²) in [6.07, 6.45) is 0. The van der Waals surface area contributed by atoms with E-state index in [0.29, 0.717) is 0 Å². The average molecular weight is 330 g/mol. The molecule has 6 nitrogen and oxygen atoms in total. The summed E-state index contributed by atoms with van der Waals surface area (Å²) in [5, 5.41) is 0. The Hall–Kier alpha value is 3.72. The summed E-state index contributed by atoms with van der Waals surface area (Å²) in [5.74, 6) is 0. The van der Waals surface area contributed by atoms with Gasteiger partial charge >= 0.3 is 118 Å². The number of rotatable bonds is 0. The summed E-state index contributed by atoms with van der Waals surface area (Å²) in [7, 11) is 0. The number of hydrogen-bond donors (Lipinski definition) is 2. The fraction of sp³-hybridized carbons (Fsp3) is 0. The van der Waals surface area contributed by atoms with Crippen LogP contribution < -0.4 is 16.8 Å². The van der Waals surface area contributed by atoms with Gasteiger partial charge in [0.15, 0.2) is 0 Å². The monoisotopic (exact) mass is 328 g/mol. The van der Waals surface area contributed by atoms with Crippen LogP contribution in [-0.2, 0) is 0 Å². The minimum absolute atomic E-state index is 0. The van der Waals surface area contributed by atoms with E-state index in [2.05, 4.69) is 0 Å². The van der Waals surface area contributed by atoms with Crippen LogP contribution in [0.15, 0.2) is 0 Å². The van der Waals surface area contributed by atoms with Gasteiger partial charge < -0.3 is 16.8 Å². The third-order valence-corrected chi connectivity index (χ3v) is 0. The zero-order valence-electron chi connectivity index (χ0n) is 3.28. The molecule has 0 aromatic heterocycles. The molecule has 2 N–H and O–H groups in total. The molecule has 0 bridgehead atoms. The summed E-state index contributed by atoms with van der Waals surface area (Å²) in [5.41, 5.74) is 0. The van der Waals surface area contributed by atoms with E-state index in [-0.39, 0.29) is 88.7 Å². The van der Waals surface area contributed by atoms with Crippen molar-refractivity contribution in [2.45, 2.75) is 0 Å². The molecule has 0 aromatic rings. The molecule has 0 aliphatic heterocycles. The molecule has 0 atom stereocenters. The Bertz CT molecular complexity index is 31.3. The van der Waals surface area contributed by atoms with Crippen LogP contribution in [0.1, 0.15) is 0 Å². The summed E-state index contributed by atoms with van der Waals surface area (Å²) >= 11 is -6.79. The smallest absolute Gasteiger partial charge is 0.372 e. The van der Waals surface area contributed by atoms with Crippen molar-refractivity contribution in [3.63, 3.8) is 0 Å². The zero-order valence-corrected chi connectivity index (χ0v) is 6.46. The third-order valence-electron chi connectivity index (χ3n) is 0. The van der Waals surface area contributed by atoms with Gasteiger partial charge in [-0.1, -0.05) is 0 Å². The van der Waals surface area contributed by atoms with Crippen LogP contribution >= 0.6 is 0 Å².